The Kier molecular flexibility index (Phi) is 4.47. The molecule has 0 aliphatic carbocycles. The van der Waals surface area contributed by atoms with Crippen LogP contribution in [0.15, 0.2) is 47.5 Å². The van der Waals surface area contributed by atoms with Crippen LogP contribution in [0, 0.1) is 5.92 Å². The molecule has 2 aromatic carbocycles. The molecule has 0 spiro atoms. The summed E-state index contributed by atoms with van der Waals surface area (Å²) < 4.78 is 35.9. The minimum Gasteiger partial charge on any atom is -0.361 e. The highest BCUT2D eigenvalue weighted by Crippen LogP contribution is 2.43. The molecule has 8 heteroatoms. The quantitative estimate of drug-likeness (QED) is 0.651. The molecule has 1 unspecified atom stereocenters. The van der Waals surface area contributed by atoms with E-state index in [2.05, 4.69) is 9.18 Å². The van der Waals surface area contributed by atoms with E-state index < -0.39 is 27.9 Å². The van der Waals surface area contributed by atoms with Crippen molar-refractivity contribution in [3.8, 4) is 16.9 Å². The third-order valence-electron chi connectivity index (χ3n) is 4.04. The molecule has 0 amide bonds. The molecule has 2 aromatic rings. The van der Waals surface area contributed by atoms with Gasteiger partial charge in [0, 0.05) is 11.3 Å². The molecule has 134 valence electrons. The standard InChI is InChI=1S/C18H15NO6S/c1-10-15(11(2)20)18(21)16-14(25-26(22,23)24)9-8-13(17(16)19-10)12-6-4-3-5-7-12/h3-9,15H,1-2H3,(H,22,23,24). The maximum atomic E-state index is 12.9. The number of carbonyl (C=O) groups is 2. The van der Waals surface area contributed by atoms with Gasteiger partial charge in [-0.15, -0.1) is 0 Å². The highest BCUT2D eigenvalue weighted by molar-refractivity contribution is 7.81. The third-order valence-corrected chi connectivity index (χ3v) is 4.43. The largest absolute Gasteiger partial charge is 0.446 e. The van der Waals surface area contributed by atoms with Crippen molar-refractivity contribution < 1.29 is 26.7 Å². The molecule has 0 radical (unpaired) electrons. The Labute approximate surface area is 150 Å². The van der Waals surface area contributed by atoms with Crippen molar-refractivity contribution in [2.75, 3.05) is 0 Å². The molecule has 26 heavy (non-hydrogen) atoms. The van der Waals surface area contributed by atoms with E-state index in [0.29, 0.717) is 11.3 Å². The van der Waals surface area contributed by atoms with E-state index in [1.165, 1.54) is 13.0 Å². The Morgan fingerprint density at radius 1 is 1.15 bits per heavy atom. The summed E-state index contributed by atoms with van der Waals surface area (Å²) in [6.45, 7) is 2.83. The fourth-order valence-corrected chi connectivity index (χ4v) is 3.38. The molecule has 1 aliphatic rings. The molecule has 0 bridgehead atoms. The third kappa shape index (κ3) is 3.29. The zero-order valence-electron chi connectivity index (χ0n) is 14.0. The minimum atomic E-state index is -4.85. The summed E-state index contributed by atoms with van der Waals surface area (Å²) >= 11 is 0. The average molecular weight is 373 g/mol. The number of rotatable bonds is 4. The van der Waals surface area contributed by atoms with Crippen molar-refractivity contribution in [3.63, 3.8) is 0 Å². The van der Waals surface area contributed by atoms with Crippen LogP contribution in [0.3, 0.4) is 0 Å². The van der Waals surface area contributed by atoms with Gasteiger partial charge in [0.1, 0.15) is 11.7 Å². The molecule has 1 heterocycles. The van der Waals surface area contributed by atoms with Gasteiger partial charge < -0.3 is 4.18 Å². The summed E-state index contributed by atoms with van der Waals surface area (Å²) in [7, 11) is -4.85. The van der Waals surface area contributed by atoms with Gasteiger partial charge in [0.2, 0.25) is 0 Å². The van der Waals surface area contributed by atoms with Crippen molar-refractivity contribution in [1.29, 1.82) is 0 Å². The number of hydrogen-bond donors (Lipinski definition) is 1. The summed E-state index contributed by atoms with van der Waals surface area (Å²) in [5.41, 5.74) is 1.72. The van der Waals surface area contributed by atoms with E-state index in [1.54, 1.807) is 13.0 Å². The van der Waals surface area contributed by atoms with Gasteiger partial charge in [0.25, 0.3) is 0 Å². The second-order valence-electron chi connectivity index (χ2n) is 5.87. The number of aliphatic imine (C=N–C) groups is 1. The van der Waals surface area contributed by atoms with Gasteiger partial charge in [-0.25, -0.2) is 0 Å². The van der Waals surface area contributed by atoms with Gasteiger partial charge in [0.05, 0.1) is 11.3 Å². The lowest BCUT2D eigenvalue weighted by atomic mass is 9.84. The number of nitrogens with zero attached hydrogens (tertiary/aromatic N) is 1. The molecular formula is C18H15NO6S. The molecule has 1 atom stereocenters. The van der Waals surface area contributed by atoms with E-state index in [-0.39, 0.29) is 17.0 Å². The van der Waals surface area contributed by atoms with Crippen LogP contribution in [0.25, 0.3) is 11.1 Å². The van der Waals surface area contributed by atoms with Crippen molar-refractivity contribution in [3.05, 3.63) is 48.0 Å². The minimum absolute atomic E-state index is 0.144. The van der Waals surface area contributed by atoms with Crippen molar-refractivity contribution >= 4 is 33.4 Å². The fraction of sp³-hybridized carbons (Fsp3) is 0.167. The summed E-state index contributed by atoms with van der Waals surface area (Å²) in [5.74, 6) is -2.51. The highest BCUT2D eigenvalue weighted by Gasteiger charge is 2.37. The predicted molar refractivity (Wildman–Crippen MR) is 95.3 cm³/mol. The first-order chi connectivity index (χ1) is 12.2. The van der Waals surface area contributed by atoms with Gasteiger partial charge >= 0.3 is 10.4 Å². The molecule has 0 saturated heterocycles. The maximum absolute atomic E-state index is 12.9. The number of fused-ring (bicyclic) bond motifs is 1. The first kappa shape index (κ1) is 18.0. The molecular weight excluding hydrogens is 358 g/mol. The predicted octanol–water partition coefficient (Wildman–Crippen LogP) is 3.03. The van der Waals surface area contributed by atoms with Crippen LogP contribution >= 0.6 is 0 Å². The molecule has 1 aliphatic heterocycles. The number of benzene rings is 2. The molecule has 1 N–H and O–H groups in total. The zero-order chi connectivity index (χ0) is 19.1. The summed E-state index contributed by atoms with van der Waals surface area (Å²) in [6.07, 6.45) is 0. The number of Topliss-reactive ketones (excluding diaryl/α,β-unsaturated/α-hetero) is 2. The second-order valence-corrected chi connectivity index (χ2v) is 6.90. The Morgan fingerprint density at radius 2 is 1.81 bits per heavy atom. The van der Waals surface area contributed by atoms with E-state index in [4.69, 9.17) is 4.55 Å². The first-order valence-corrected chi connectivity index (χ1v) is 9.04. The number of carbonyl (C=O) groups excluding carboxylic acids is 2. The fourth-order valence-electron chi connectivity index (χ4n) is 3.01. The van der Waals surface area contributed by atoms with Crippen LogP contribution in [0.4, 0.5) is 5.69 Å². The number of hydrogen-bond acceptors (Lipinski definition) is 6. The Hall–Kier alpha value is -2.84. The maximum Gasteiger partial charge on any atom is 0.446 e. The molecule has 0 aromatic heterocycles. The van der Waals surface area contributed by atoms with Gasteiger partial charge in [0.15, 0.2) is 11.5 Å². The van der Waals surface area contributed by atoms with Crippen LogP contribution in [0.1, 0.15) is 24.2 Å². The normalized spacial score (nSPS) is 16.7. The molecule has 0 saturated carbocycles. The highest BCUT2D eigenvalue weighted by atomic mass is 32.3. The SMILES string of the molecule is CC(=O)C1C(=O)c2c(OS(=O)(=O)O)ccc(-c3ccccc3)c2N=C1C. The zero-order valence-corrected chi connectivity index (χ0v) is 14.8. The monoisotopic (exact) mass is 373 g/mol. The summed E-state index contributed by atoms with van der Waals surface area (Å²) in [5, 5.41) is 0. The van der Waals surface area contributed by atoms with Crippen molar-refractivity contribution in [2.45, 2.75) is 13.8 Å². The van der Waals surface area contributed by atoms with Crippen LogP contribution < -0.4 is 4.18 Å². The lowest BCUT2D eigenvalue weighted by Crippen LogP contribution is -2.32. The van der Waals surface area contributed by atoms with Crippen LogP contribution in [0.2, 0.25) is 0 Å². The summed E-state index contributed by atoms with van der Waals surface area (Å²) in [6, 6.07) is 11.9. The average Bonchev–Trinajstić information content (AvgIpc) is 2.53. The van der Waals surface area contributed by atoms with E-state index in [1.807, 2.05) is 30.3 Å². The van der Waals surface area contributed by atoms with Crippen LogP contribution in [-0.4, -0.2) is 30.2 Å². The lowest BCUT2D eigenvalue weighted by Gasteiger charge is -2.23. The van der Waals surface area contributed by atoms with Gasteiger partial charge in [-0.2, -0.15) is 8.42 Å². The Bertz CT molecular complexity index is 1040. The Morgan fingerprint density at radius 3 is 2.38 bits per heavy atom. The molecule has 7 nitrogen and oxygen atoms in total. The second kappa shape index (κ2) is 6.47. The Balaban J connectivity index is 2.31. The van der Waals surface area contributed by atoms with Gasteiger partial charge in [-0.1, -0.05) is 30.3 Å². The van der Waals surface area contributed by atoms with E-state index in [9.17, 15) is 18.0 Å². The topological polar surface area (TPSA) is 110 Å². The van der Waals surface area contributed by atoms with E-state index >= 15 is 0 Å². The smallest absolute Gasteiger partial charge is 0.361 e. The molecule has 0 fully saturated rings. The van der Waals surface area contributed by atoms with Crippen molar-refractivity contribution in [1.82, 2.24) is 0 Å². The number of ketones is 2. The van der Waals surface area contributed by atoms with Crippen LogP contribution in [-0.2, 0) is 15.2 Å². The summed E-state index contributed by atoms with van der Waals surface area (Å²) in [4.78, 5) is 29.2. The van der Waals surface area contributed by atoms with Crippen molar-refractivity contribution in [2.24, 2.45) is 10.9 Å². The van der Waals surface area contributed by atoms with Gasteiger partial charge in [-0.3, -0.25) is 19.1 Å². The van der Waals surface area contributed by atoms with Crippen LogP contribution in [0.5, 0.6) is 5.75 Å². The first-order valence-electron chi connectivity index (χ1n) is 7.68. The van der Waals surface area contributed by atoms with Gasteiger partial charge in [-0.05, 0) is 31.5 Å². The lowest BCUT2D eigenvalue weighted by molar-refractivity contribution is -0.117. The van der Waals surface area contributed by atoms with E-state index in [0.717, 1.165) is 5.56 Å². The molecule has 3 rings (SSSR count).